The minimum absolute atomic E-state index is 0.201. The molecule has 2 aromatic carbocycles. The van der Waals surface area contributed by atoms with Crippen LogP contribution in [0.5, 0.6) is 0 Å². The molecule has 26 heavy (non-hydrogen) atoms. The number of rotatable bonds is 5. The molecule has 0 aliphatic carbocycles. The van der Waals surface area contributed by atoms with Gasteiger partial charge in [-0.2, -0.15) is 0 Å². The van der Waals surface area contributed by atoms with Crippen LogP contribution in [0.1, 0.15) is 30.0 Å². The van der Waals surface area contributed by atoms with Gasteiger partial charge in [0.15, 0.2) is 0 Å². The zero-order valence-electron chi connectivity index (χ0n) is 15.7. The molecule has 0 N–H and O–H groups in total. The highest BCUT2D eigenvalue weighted by molar-refractivity contribution is 5.67. The highest BCUT2D eigenvalue weighted by Gasteiger charge is 2.31. The van der Waals surface area contributed by atoms with Crippen molar-refractivity contribution in [3.63, 3.8) is 0 Å². The Labute approximate surface area is 156 Å². The van der Waals surface area contributed by atoms with Crippen molar-refractivity contribution in [1.82, 2.24) is 9.80 Å². The Balaban J connectivity index is 1.53. The molecule has 4 heteroatoms. The van der Waals surface area contributed by atoms with Crippen LogP contribution in [0, 0.1) is 5.92 Å². The fourth-order valence-corrected chi connectivity index (χ4v) is 3.85. The van der Waals surface area contributed by atoms with E-state index >= 15 is 0 Å². The predicted octanol–water partition coefficient (Wildman–Crippen LogP) is 4.34. The molecule has 0 bridgehead atoms. The Morgan fingerprint density at radius 3 is 2.19 bits per heavy atom. The first-order valence-electron chi connectivity index (χ1n) is 9.32. The minimum Gasteiger partial charge on any atom is -0.445 e. The fraction of sp³-hybridized carbons (Fsp3) is 0.409. The van der Waals surface area contributed by atoms with Gasteiger partial charge in [0, 0.05) is 19.1 Å². The molecule has 3 rings (SSSR count). The molecule has 0 radical (unpaired) electrons. The average Bonchev–Trinajstić information content (AvgIpc) is 2.68. The number of benzene rings is 2. The number of hydrogen-bond donors (Lipinski definition) is 0. The number of carbonyl (C=O) groups excluding carboxylic acids is 1. The summed E-state index contributed by atoms with van der Waals surface area (Å²) < 4.78 is 5.47. The van der Waals surface area contributed by atoms with E-state index in [0.29, 0.717) is 18.6 Å². The van der Waals surface area contributed by atoms with E-state index in [1.54, 1.807) is 0 Å². The molecule has 1 amide bonds. The van der Waals surface area contributed by atoms with Gasteiger partial charge >= 0.3 is 6.09 Å². The maximum Gasteiger partial charge on any atom is 0.410 e. The van der Waals surface area contributed by atoms with Crippen LogP contribution in [0.2, 0.25) is 0 Å². The first-order valence-corrected chi connectivity index (χ1v) is 9.32. The van der Waals surface area contributed by atoms with Gasteiger partial charge in [-0.05, 0) is 44.0 Å². The average molecular weight is 352 g/mol. The van der Waals surface area contributed by atoms with Gasteiger partial charge in [0.05, 0.1) is 0 Å². The van der Waals surface area contributed by atoms with Crippen molar-refractivity contribution in [2.24, 2.45) is 5.92 Å². The van der Waals surface area contributed by atoms with Crippen LogP contribution in [-0.2, 0) is 11.3 Å². The van der Waals surface area contributed by atoms with Gasteiger partial charge in [0.2, 0.25) is 0 Å². The Hall–Kier alpha value is -2.33. The van der Waals surface area contributed by atoms with Crippen molar-refractivity contribution < 1.29 is 9.53 Å². The number of nitrogens with zero attached hydrogens (tertiary/aromatic N) is 2. The minimum atomic E-state index is -0.201. The van der Waals surface area contributed by atoms with Crippen LogP contribution in [0.15, 0.2) is 60.7 Å². The summed E-state index contributed by atoms with van der Waals surface area (Å²) >= 11 is 0. The summed E-state index contributed by atoms with van der Waals surface area (Å²) in [4.78, 5) is 16.5. The van der Waals surface area contributed by atoms with Crippen LogP contribution in [0.4, 0.5) is 4.79 Å². The van der Waals surface area contributed by atoms with Crippen molar-refractivity contribution in [3.8, 4) is 0 Å². The quantitative estimate of drug-likeness (QED) is 0.802. The van der Waals surface area contributed by atoms with Gasteiger partial charge in [0.1, 0.15) is 6.61 Å². The van der Waals surface area contributed by atoms with E-state index in [-0.39, 0.29) is 6.09 Å². The number of piperidine rings is 1. The highest BCUT2D eigenvalue weighted by atomic mass is 16.6. The normalized spacial score (nSPS) is 16.5. The maximum atomic E-state index is 12.3. The smallest absolute Gasteiger partial charge is 0.410 e. The van der Waals surface area contributed by atoms with Gasteiger partial charge in [-0.1, -0.05) is 60.7 Å². The maximum absolute atomic E-state index is 12.3. The van der Waals surface area contributed by atoms with Crippen LogP contribution in [-0.4, -0.2) is 43.1 Å². The van der Waals surface area contributed by atoms with E-state index in [9.17, 15) is 4.79 Å². The summed E-state index contributed by atoms with van der Waals surface area (Å²) in [5, 5.41) is 0. The molecule has 1 atom stereocenters. The lowest BCUT2D eigenvalue weighted by atomic mass is 9.85. The molecule has 4 nitrogen and oxygen atoms in total. The van der Waals surface area contributed by atoms with E-state index in [2.05, 4.69) is 49.3 Å². The predicted molar refractivity (Wildman–Crippen MR) is 104 cm³/mol. The monoisotopic (exact) mass is 352 g/mol. The van der Waals surface area contributed by atoms with Crippen molar-refractivity contribution in [2.45, 2.75) is 25.5 Å². The molecule has 0 aromatic heterocycles. The largest absolute Gasteiger partial charge is 0.445 e. The van der Waals surface area contributed by atoms with E-state index in [1.165, 1.54) is 5.56 Å². The Morgan fingerprint density at radius 2 is 1.62 bits per heavy atom. The van der Waals surface area contributed by atoms with E-state index < -0.39 is 0 Å². The van der Waals surface area contributed by atoms with Gasteiger partial charge in [0.25, 0.3) is 0 Å². The lowest BCUT2D eigenvalue weighted by Crippen LogP contribution is -2.42. The van der Waals surface area contributed by atoms with Gasteiger partial charge in [-0.25, -0.2) is 4.79 Å². The lowest BCUT2D eigenvalue weighted by molar-refractivity contribution is 0.0699. The van der Waals surface area contributed by atoms with E-state index in [0.717, 1.165) is 31.5 Å². The van der Waals surface area contributed by atoms with Crippen molar-refractivity contribution in [2.75, 3.05) is 27.2 Å². The zero-order valence-corrected chi connectivity index (χ0v) is 15.7. The molecule has 1 heterocycles. The molecule has 0 spiro atoms. The number of carbonyl (C=O) groups is 1. The Kier molecular flexibility index (Phi) is 6.29. The summed E-state index contributed by atoms with van der Waals surface area (Å²) in [5.41, 5.74) is 2.37. The molecule has 1 fully saturated rings. The number of amides is 1. The third-order valence-corrected chi connectivity index (χ3v) is 5.15. The van der Waals surface area contributed by atoms with Crippen molar-refractivity contribution in [1.29, 1.82) is 0 Å². The highest BCUT2D eigenvalue weighted by Crippen LogP contribution is 2.34. The first kappa shape index (κ1) is 18.5. The molecule has 2 aromatic rings. The molecule has 0 saturated carbocycles. The number of likely N-dealkylation sites (tertiary alicyclic amines) is 1. The second-order valence-electron chi connectivity index (χ2n) is 7.18. The van der Waals surface area contributed by atoms with Crippen LogP contribution >= 0.6 is 0 Å². The molecule has 1 unspecified atom stereocenters. The van der Waals surface area contributed by atoms with Gasteiger partial charge in [-0.15, -0.1) is 0 Å². The third-order valence-electron chi connectivity index (χ3n) is 5.15. The summed E-state index contributed by atoms with van der Waals surface area (Å²) in [5.74, 6) is 0.547. The van der Waals surface area contributed by atoms with Crippen LogP contribution < -0.4 is 0 Å². The molecule has 1 aliphatic rings. The summed E-state index contributed by atoms with van der Waals surface area (Å²) in [6.45, 7) is 1.86. The summed E-state index contributed by atoms with van der Waals surface area (Å²) in [7, 11) is 4.27. The lowest BCUT2D eigenvalue weighted by Gasteiger charge is -2.38. The van der Waals surface area contributed by atoms with Crippen LogP contribution in [0.3, 0.4) is 0 Å². The molecular weight excluding hydrogens is 324 g/mol. The van der Waals surface area contributed by atoms with E-state index in [1.807, 2.05) is 35.2 Å². The van der Waals surface area contributed by atoms with Crippen molar-refractivity contribution in [3.05, 3.63) is 71.8 Å². The molecule has 1 aliphatic heterocycles. The van der Waals surface area contributed by atoms with Crippen molar-refractivity contribution >= 4 is 6.09 Å². The SMILES string of the molecule is CN(C)C(c1ccccc1)C1CCN(C(=O)OCc2ccccc2)CC1. The fourth-order valence-electron chi connectivity index (χ4n) is 3.85. The summed E-state index contributed by atoms with van der Waals surface area (Å²) in [6.07, 6.45) is 1.80. The number of ether oxygens (including phenoxy) is 1. The van der Waals surface area contributed by atoms with Gasteiger partial charge in [-0.3, -0.25) is 0 Å². The second-order valence-corrected chi connectivity index (χ2v) is 7.18. The Bertz CT molecular complexity index is 680. The van der Waals surface area contributed by atoms with Gasteiger partial charge < -0.3 is 14.5 Å². The zero-order chi connectivity index (χ0) is 18.4. The first-order chi connectivity index (χ1) is 12.6. The number of hydrogen-bond acceptors (Lipinski definition) is 3. The molecular formula is C22H28N2O2. The van der Waals surface area contributed by atoms with Crippen LogP contribution in [0.25, 0.3) is 0 Å². The molecule has 1 saturated heterocycles. The Morgan fingerprint density at radius 1 is 1.04 bits per heavy atom. The summed E-state index contributed by atoms with van der Waals surface area (Å²) in [6, 6.07) is 20.9. The second kappa shape index (κ2) is 8.86. The standard InChI is InChI=1S/C22H28N2O2/c1-23(2)21(19-11-7-4-8-12-19)20-13-15-24(16-14-20)22(25)26-17-18-9-5-3-6-10-18/h3-12,20-21H,13-17H2,1-2H3. The third kappa shape index (κ3) is 4.64. The topological polar surface area (TPSA) is 32.8 Å². The molecule has 138 valence electrons. The van der Waals surface area contributed by atoms with E-state index in [4.69, 9.17) is 4.74 Å².